The lowest BCUT2D eigenvalue weighted by Gasteiger charge is -2.23. The van der Waals surface area contributed by atoms with Crippen molar-refractivity contribution in [3.05, 3.63) is 0 Å². The minimum Gasteiger partial charge on any atom is -0.462 e. The summed E-state index contributed by atoms with van der Waals surface area (Å²) in [6, 6.07) is 0. The summed E-state index contributed by atoms with van der Waals surface area (Å²) in [4.78, 5) is 23.0. The Morgan fingerprint density at radius 2 is 1.42 bits per heavy atom. The van der Waals surface area contributed by atoms with Crippen LogP contribution in [0.1, 0.15) is 54.4 Å². The summed E-state index contributed by atoms with van der Waals surface area (Å²) < 4.78 is 15.0. The van der Waals surface area contributed by atoms with Crippen molar-refractivity contribution >= 4 is 12.1 Å². The van der Waals surface area contributed by atoms with Gasteiger partial charge in [0, 0.05) is 0 Å². The van der Waals surface area contributed by atoms with Gasteiger partial charge in [-0.2, -0.15) is 0 Å². The molecular formula is C14H26O5. The third kappa shape index (κ3) is 7.03. The normalized spacial score (nSPS) is 11.9. The Balaban J connectivity index is 3.88. The van der Waals surface area contributed by atoms with E-state index in [0.717, 1.165) is 0 Å². The molecule has 0 aliphatic heterocycles. The molecule has 5 heteroatoms. The Morgan fingerprint density at radius 3 is 1.89 bits per heavy atom. The molecule has 0 aliphatic rings. The Kier molecular flexibility index (Phi) is 6.87. The average Bonchev–Trinajstić information content (AvgIpc) is 2.33. The molecule has 19 heavy (non-hydrogen) atoms. The zero-order chi connectivity index (χ0) is 15.1. The van der Waals surface area contributed by atoms with Crippen LogP contribution in [0.2, 0.25) is 0 Å². The first-order chi connectivity index (χ1) is 8.64. The van der Waals surface area contributed by atoms with Crippen LogP contribution in [0, 0.1) is 5.41 Å². The van der Waals surface area contributed by atoms with Gasteiger partial charge in [0.1, 0.15) is 18.8 Å². The standard InChI is InChI=1S/C14H26O5/c1-7-13(3,4)11(15)17-9-10-18-12(16)19-14(5,6)8-2/h7-10H2,1-6H3. The number of hydrogen-bond acceptors (Lipinski definition) is 5. The quantitative estimate of drug-likeness (QED) is 0.526. The summed E-state index contributed by atoms with van der Waals surface area (Å²) in [6.07, 6.45) is 0.652. The van der Waals surface area contributed by atoms with E-state index in [4.69, 9.17) is 14.2 Å². The van der Waals surface area contributed by atoms with E-state index in [1.54, 1.807) is 13.8 Å². The molecule has 0 saturated heterocycles. The van der Waals surface area contributed by atoms with E-state index in [-0.39, 0.29) is 19.2 Å². The molecule has 0 amide bonds. The van der Waals surface area contributed by atoms with Crippen molar-refractivity contribution in [1.82, 2.24) is 0 Å². The molecule has 0 heterocycles. The molecule has 112 valence electrons. The zero-order valence-corrected chi connectivity index (χ0v) is 12.9. The second kappa shape index (κ2) is 7.36. The van der Waals surface area contributed by atoms with Crippen LogP contribution in [0.15, 0.2) is 0 Å². The first-order valence-electron chi connectivity index (χ1n) is 6.67. The van der Waals surface area contributed by atoms with Crippen molar-refractivity contribution in [2.45, 2.75) is 60.0 Å². The molecule has 0 aromatic rings. The molecule has 0 rings (SSSR count). The summed E-state index contributed by atoms with van der Waals surface area (Å²) in [5.41, 5.74) is -1.05. The van der Waals surface area contributed by atoms with Gasteiger partial charge in [-0.25, -0.2) is 4.79 Å². The van der Waals surface area contributed by atoms with Crippen molar-refractivity contribution in [3.63, 3.8) is 0 Å². The largest absolute Gasteiger partial charge is 0.508 e. The Morgan fingerprint density at radius 1 is 0.895 bits per heavy atom. The lowest BCUT2D eigenvalue weighted by molar-refractivity contribution is -0.155. The van der Waals surface area contributed by atoms with Gasteiger partial charge in [-0.1, -0.05) is 13.8 Å². The van der Waals surface area contributed by atoms with Gasteiger partial charge in [0.15, 0.2) is 0 Å². The predicted octanol–water partition coefficient (Wildman–Crippen LogP) is 3.31. The minimum absolute atomic E-state index is 0.00413. The number of carbonyl (C=O) groups excluding carboxylic acids is 2. The fourth-order valence-electron chi connectivity index (χ4n) is 0.926. The Bertz CT molecular complexity index is 307. The molecule has 5 nitrogen and oxygen atoms in total. The van der Waals surface area contributed by atoms with E-state index in [1.165, 1.54) is 0 Å². The van der Waals surface area contributed by atoms with Crippen LogP contribution in [0.25, 0.3) is 0 Å². The second-order valence-corrected chi connectivity index (χ2v) is 5.69. The van der Waals surface area contributed by atoms with Crippen LogP contribution in [-0.2, 0) is 19.0 Å². The highest BCUT2D eigenvalue weighted by Crippen LogP contribution is 2.21. The van der Waals surface area contributed by atoms with Crippen LogP contribution in [-0.4, -0.2) is 30.9 Å². The fraction of sp³-hybridized carbons (Fsp3) is 0.857. The SMILES string of the molecule is CCC(C)(C)OC(=O)OCCOC(=O)C(C)(C)CC. The minimum atomic E-state index is -0.738. The first kappa shape index (κ1) is 17.7. The average molecular weight is 274 g/mol. The van der Waals surface area contributed by atoms with Crippen molar-refractivity contribution in [1.29, 1.82) is 0 Å². The van der Waals surface area contributed by atoms with Gasteiger partial charge in [0.2, 0.25) is 0 Å². The van der Waals surface area contributed by atoms with Crippen LogP contribution >= 0.6 is 0 Å². The van der Waals surface area contributed by atoms with Crippen LogP contribution < -0.4 is 0 Å². The van der Waals surface area contributed by atoms with Gasteiger partial charge < -0.3 is 14.2 Å². The van der Waals surface area contributed by atoms with Gasteiger partial charge in [-0.05, 0) is 40.5 Å². The maximum atomic E-state index is 11.6. The molecule has 0 fully saturated rings. The predicted molar refractivity (Wildman–Crippen MR) is 71.8 cm³/mol. The fourth-order valence-corrected chi connectivity index (χ4v) is 0.926. The molecular weight excluding hydrogens is 248 g/mol. The van der Waals surface area contributed by atoms with Gasteiger partial charge in [-0.15, -0.1) is 0 Å². The molecule has 0 radical (unpaired) electrons. The maximum Gasteiger partial charge on any atom is 0.508 e. The Hall–Kier alpha value is -1.26. The van der Waals surface area contributed by atoms with Gasteiger partial charge in [0.05, 0.1) is 5.41 Å². The highest BCUT2D eigenvalue weighted by atomic mass is 16.7. The molecule has 0 aromatic carbocycles. The highest BCUT2D eigenvalue weighted by Gasteiger charge is 2.27. The smallest absolute Gasteiger partial charge is 0.462 e. The van der Waals surface area contributed by atoms with E-state index in [0.29, 0.717) is 12.8 Å². The summed E-state index contributed by atoms with van der Waals surface area (Å²) in [5.74, 6) is -0.291. The molecule has 0 unspecified atom stereocenters. The molecule has 0 aromatic heterocycles. The molecule has 0 saturated carbocycles. The molecule has 0 bridgehead atoms. The number of hydrogen-bond donors (Lipinski definition) is 0. The van der Waals surface area contributed by atoms with Crippen LogP contribution in [0.4, 0.5) is 4.79 Å². The number of carbonyl (C=O) groups is 2. The highest BCUT2D eigenvalue weighted by molar-refractivity contribution is 5.75. The van der Waals surface area contributed by atoms with E-state index in [1.807, 2.05) is 27.7 Å². The summed E-state index contributed by atoms with van der Waals surface area (Å²) >= 11 is 0. The van der Waals surface area contributed by atoms with Crippen molar-refractivity contribution < 1.29 is 23.8 Å². The first-order valence-corrected chi connectivity index (χ1v) is 6.67. The van der Waals surface area contributed by atoms with E-state index >= 15 is 0 Å². The summed E-state index contributed by atoms with van der Waals surface area (Å²) in [7, 11) is 0. The molecule has 0 atom stereocenters. The topological polar surface area (TPSA) is 61.8 Å². The van der Waals surface area contributed by atoms with E-state index in [2.05, 4.69) is 0 Å². The molecule has 0 aliphatic carbocycles. The van der Waals surface area contributed by atoms with Crippen LogP contribution in [0.3, 0.4) is 0 Å². The third-order valence-electron chi connectivity index (χ3n) is 3.18. The van der Waals surface area contributed by atoms with E-state index in [9.17, 15) is 9.59 Å². The lowest BCUT2D eigenvalue weighted by atomic mass is 9.91. The number of esters is 1. The molecule has 0 spiro atoms. The monoisotopic (exact) mass is 274 g/mol. The number of rotatable bonds is 7. The zero-order valence-electron chi connectivity index (χ0n) is 12.9. The number of ether oxygens (including phenoxy) is 3. The van der Waals surface area contributed by atoms with Gasteiger partial charge >= 0.3 is 12.1 Å². The van der Waals surface area contributed by atoms with Gasteiger partial charge in [0.25, 0.3) is 0 Å². The van der Waals surface area contributed by atoms with Gasteiger partial charge in [-0.3, -0.25) is 4.79 Å². The summed E-state index contributed by atoms with van der Waals surface area (Å²) in [6.45, 7) is 11.1. The summed E-state index contributed by atoms with van der Waals surface area (Å²) in [5, 5.41) is 0. The lowest BCUT2D eigenvalue weighted by Crippen LogP contribution is -2.29. The molecule has 0 N–H and O–H groups in total. The van der Waals surface area contributed by atoms with E-state index < -0.39 is 17.2 Å². The van der Waals surface area contributed by atoms with Crippen LogP contribution in [0.5, 0.6) is 0 Å². The van der Waals surface area contributed by atoms with Crippen molar-refractivity contribution in [3.8, 4) is 0 Å². The second-order valence-electron chi connectivity index (χ2n) is 5.69. The van der Waals surface area contributed by atoms with Crippen molar-refractivity contribution in [2.75, 3.05) is 13.2 Å². The maximum absolute atomic E-state index is 11.6. The van der Waals surface area contributed by atoms with Crippen molar-refractivity contribution in [2.24, 2.45) is 5.41 Å². The third-order valence-corrected chi connectivity index (χ3v) is 3.18. The Labute approximate surface area is 115 Å².